The third kappa shape index (κ3) is 4.70. The van der Waals surface area contributed by atoms with Gasteiger partial charge < -0.3 is 15.7 Å². The van der Waals surface area contributed by atoms with E-state index in [0.29, 0.717) is 22.2 Å². The number of hydrogen-bond acceptors (Lipinski definition) is 8. The van der Waals surface area contributed by atoms with Gasteiger partial charge in [0.25, 0.3) is 5.69 Å². The average Bonchev–Trinajstić information content (AvgIpc) is 2.68. The topological polar surface area (TPSA) is 126 Å². The molecule has 3 rings (SSSR count). The quantitative estimate of drug-likeness (QED) is 0.405. The molecule has 1 atom stereocenters. The van der Waals surface area contributed by atoms with E-state index in [1.54, 1.807) is 31.3 Å². The molecule has 0 saturated carbocycles. The van der Waals surface area contributed by atoms with E-state index >= 15 is 0 Å². The lowest BCUT2D eigenvalue weighted by Gasteiger charge is -2.14. The Morgan fingerprint density at radius 1 is 1.21 bits per heavy atom. The molecule has 0 saturated heterocycles. The fourth-order valence-corrected chi connectivity index (χ4v) is 2.57. The highest BCUT2D eigenvalue weighted by Gasteiger charge is 2.16. The number of aromatic nitrogens is 3. The predicted octanol–water partition coefficient (Wildman–Crippen LogP) is 3.64. The maximum Gasteiger partial charge on any atom is 0.292 e. The number of nitro groups is 1. The number of benzene rings is 1. The standard InChI is InChI=1S/C18H17ClN6O3/c1-11(10-26)21-18-23-14(13-4-2-3-7-20-13)9-17(24-18)22-15-8-12(19)5-6-16(15)25(27)28/h2-9,11,26H,10H2,1H3,(H2,21,22,23,24)/t11-/m0/s1. The summed E-state index contributed by atoms with van der Waals surface area (Å²) in [7, 11) is 0. The highest BCUT2D eigenvalue weighted by Crippen LogP contribution is 2.31. The van der Waals surface area contributed by atoms with Crippen molar-refractivity contribution >= 4 is 34.7 Å². The zero-order valence-electron chi connectivity index (χ0n) is 14.8. The minimum atomic E-state index is -0.507. The zero-order chi connectivity index (χ0) is 20.1. The first-order valence-electron chi connectivity index (χ1n) is 8.35. The molecule has 9 nitrogen and oxygen atoms in total. The second-order valence-electron chi connectivity index (χ2n) is 5.95. The monoisotopic (exact) mass is 400 g/mol. The second kappa shape index (κ2) is 8.59. The number of halogens is 1. The molecule has 0 bridgehead atoms. The lowest BCUT2D eigenvalue weighted by atomic mass is 10.2. The van der Waals surface area contributed by atoms with Crippen LogP contribution in [-0.4, -0.2) is 37.6 Å². The summed E-state index contributed by atoms with van der Waals surface area (Å²) >= 11 is 5.99. The third-order valence-corrected chi connectivity index (χ3v) is 3.96. The first kappa shape index (κ1) is 19.5. The van der Waals surface area contributed by atoms with E-state index in [-0.39, 0.29) is 30.0 Å². The summed E-state index contributed by atoms with van der Waals surface area (Å²) in [6.07, 6.45) is 1.63. The van der Waals surface area contributed by atoms with E-state index in [2.05, 4.69) is 25.6 Å². The zero-order valence-corrected chi connectivity index (χ0v) is 15.6. The van der Waals surface area contributed by atoms with Gasteiger partial charge in [-0.25, -0.2) is 4.98 Å². The summed E-state index contributed by atoms with van der Waals surface area (Å²) < 4.78 is 0. The Kier molecular flexibility index (Phi) is 5.97. The number of nitrogens with one attached hydrogen (secondary N) is 2. The van der Waals surface area contributed by atoms with E-state index in [1.807, 2.05) is 6.07 Å². The van der Waals surface area contributed by atoms with Crippen molar-refractivity contribution in [3.63, 3.8) is 0 Å². The van der Waals surface area contributed by atoms with E-state index in [4.69, 9.17) is 11.6 Å². The Labute approximate surface area is 165 Å². The van der Waals surface area contributed by atoms with Crippen LogP contribution in [-0.2, 0) is 0 Å². The van der Waals surface area contributed by atoms with Crippen LogP contribution >= 0.6 is 11.6 Å². The molecule has 1 aromatic carbocycles. The molecule has 0 aliphatic rings. The van der Waals surface area contributed by atoms with Gasteiger partial charge in [0.2, 0.25) is 5.95 Å². The lowest BCUT2D eigenvalue weighted by molar-refractivity contribution is -0.383. The molecule has 3 N–H and O–H groups in total. The van der Waals surface area contributed by atoms with Gasteiger partial charge in [0.15, 0.2) is 0 Å². The Bertz CT molecular complexity index is 986. The van der Waals surface area contributed by atoms with Crippen molar-refractivity contribution in [2.45, 2.75) is 13.0 Å². The molecular formula is C18H17ClN6O3. The van der Waals surface area contributed by atoms with Gasteiger partial charge in [-0.1, -0.05) is 17.7 Å². The van der Waals surface area contributed by atoms with E-state index < -0.39 is 4.92 Å². The molecule has 0 aliphatic carbocycles. The van der Waals surface area contributed by atoms with Crippen LogP contribution < -0.4 is 10.6 Å². The van der Waals surface area contributed by atoms with Crippen LogP contribution in [0, 0.1) is 10.1 Å². The largest absolute Gasteiger partial charge is 0.394 e. The Hall–Kier alpha value is -3.30. The van der Waals surface area contributed by atoms with Crippen molar-refractivity contribution in [3.8, 4) is 11.4 Å². The molecule has 0 radical (unpaired) electrons. The summed E-state index contributed by atoms with van der Waals surface area (Å²) in [6.45, 7) is 1.66. The van der Waals surface area contributed by atoms with Crippen molar-refractivity contribution in [1.29, 1.82) is 0 Å². The van der Waals surface area contributed by atoms with Crippen molar-refractivity contribution in [3.05, 3.63) is 63.8 Å². The molecule has 0 spiro atoms. The maximum atomic E-state index is 11.3. The fraction of sp³-hybridized carbons (Fsp3) is 0.167. The number of nitrogens with zero attached hydrogens (tertiary/aromatic N) is 4. The number of hydrogen-bond donors (Lipinski definition) is 3. The van der Waals surface area contributed by atoms with Crippen LogP contribution in [0.25, 0.3) is 11.4 Å². The van der Waals surface area contributed by atoms with Crippen molar-refractivity contribution < 1.29 is 10.0 Å². The number of aliphatic hydroxyl groups is 1. The molecule has 10 heteroatoms. The molecular weight excluding hydrogens is 384 g/mol. The second-order valence-corrected chi connectivity index (χ2v) is 6.38. The summed E-state index contributed by atoms with van der Waals surface area (Å²) in [5, 5.41) is 26.8. The fourth-order valence-electron chi connectivity index (χ4n) is 2.39. The minimum absolute atomic E-state index is 0.111. The van der Waals surface area contributed by atoms with Gasteiger partial charge in [-0.15, -0.1) is 0 Å². The van der Waals surface area contributed by atoms with E-state index in [0.717, 1.165) is 0 Å². The molecule has 28 heavy (non-hydrogen) atoms. The third-order valence-electron chi connectivity index (χ3n) is 3.72. The van der Waals surface area contributed by atoms with Gasteiger partial charge in [-0.3, -0.25) is 15.1 Å². The van der Waals surface area contributed by atoms with E-state index in [9.17, 15) is 15.2 Å². The molecule has 144 valence electrons. The first-order valence-corrected chi connectivity index (χ1v) is 8.73. The molecule has 0 aliphatic heterocycles. The number of pyridine rings is 1. The highest BCUT2D eigenvalue weighted by atomic mass is 35.5. The normalized spacial score (nSPS) is 11.7. The number of nitro benzene ring substituents is 1. The van der Waals surface area contributed by atoms with Gasteiger partial charge in [0.1, 0.15) is 11.5 Å². The molecule has 0 amide bonds. The van der Waals surface area contributed by atoms with Crippen LogP contribution in [0.4, 0.5) is 23.1 Å². The highest BCUT2D eigenvalue weighted by molar-refractivity contribution is 6.31. The van der Waals surface area contributed by atoms with Crippen LogP contribution in [0.1, 0.15) is 6.92 Å². The van der Waals surface area contributed by atoms with Gasteiger partial charge in [-0.2, -0.15) is 4.98 Å². The summed E-state index contributed by atoms with van der Waals surface area (Å²) in [5.74, 6) is 0.561. The van der Waals surface area contributed by atoms with Crippen LogP contribution in [0.3, 0.4) is 0 Å². The van der Waals surface area contributed by atoms with Gasteiger partial charge in [0.05, 0.1) is 22.9 Å². The van der Waals surface area contributed by atoms with Crippen molar-refractivity contribution in [2.24, 2.45) is 0 Å². The SMILES string of the molecule is C[C@@H](CO)Nc1nc(Nc2cc(Cl)ccc2[N+](=O)[O-])cc(-c2ccccn2)n1. The summed E-state index contributed by atoms with van der Waals surface area (Å²) in [4.78, 5) is 23.8. The predicted molar refractivity (Wildman–Crippen MR) is 107 cm³/mol. The molecule has 2 heterocycles. The van der Waals surface area contributed by atoms with Crippen LogP contribution in [0.15, 0.2) is 48.7 Å². The van der Waals surface area contributed by atoms with Crippen molar-refractivity contribution in [2.75, 3.05) is 17.2 Å². The Morgan fingerprint density at radius 2 is 2.04 bits per heavy atom. The van der Waals surface area contributed by atoms with Gasteiger partial charge >= 0.3 is 0 Å². The summed E-state index contributed by atoms with van der Waals surface area (Å²) in [5.41, 5.74) is 1.17. The van der Waals surface area contributed by atoms with Gasteiger partial charge in [-0.05, 0) is 31.2 Å². The summed E-state index contributed by atoms with van der Waals surface area (Å²) in [6, 6.07) is 10.9. The molecule has 2 aromatic heterocycles. The Morgan fingerprint density at radius 3 is 2.71 bits per heavy atom. The van der Waals surface area contributed by atoms with E-state index in [1.165, 1.54) is 18.2 Å². The number of aliphatic hydroxyl groups excluding tert-OH is 1. The number of rotatable bonds is 7. The van der Waals surface area contributed by atoms with Crippen LogP contribution in [0.5, 0.6) is 0 Å². The van der Waals surface area contributed by atoms with Crippen molar-refractivity contribution in [1.82, 2.24) is 15.0 Å². The van der Waals surface area contributed by atoms with Gasteiger partial charge in [0, 0.05) is 29.4 Å². The maximum absolute atomic E-state index is 11.3. The smallest absolute Gasteiger partial charge is 0.292 e. The van der Waals surface area contributed by atoms with Crippen LogP contribution in [0.2, 0.25) is 5.02 Å². The average molecular weight is 401 g/mol. The Balaban J connectivity index is 2.04. The molecule has 0 fully saturated rings. The molecule has 0 unspecified atom stereocenters. The minimum Gasteiger partial charge on any atom is -0.394 e. The first-order chi connectivity index (χ1) is 13.5. The lowest BCUT2D eigenvalue weighted by Crippen LogP contribution is -2.21. The number of anilines is 3. The molecule has 3 aromatic rings.